The number of nitrogens with two attached hydrogens (primary N) is 5. The Morgan fingerprint density at radius 1 is 0.580 bits per heavy atom. The highest BCUT2D eigenvalue weighted by Crippen LogP contribution is 2.18. The van der Waals surface area contributed by atoms with Gasteiger partial charge in [-0.1, -0.05) is 74.5 Å². The average Bonchev–Trinajstić information content (AvgIpc) is 2.35. The summed E-state index contributed by atoms with van der Waals surface area (Å²) in [5.74, 6) is -10.6. The largest absolute Gasteiger partial charge is 0.391 e. The first-order valence-corrected chi connectivity index (χ1v) is 29.2. The third-order valence-electron chi connectivity index (χ3n) is 14.0. The lowest BCUT2D eigenvalue weighted by Crippen LogP contribution is -2.63. The summed E-state index contributed by atoms with van der Waals surface area (Å²) in [6, 6.07) is 5.19. The Morgan fingerprint density at radius 2 is 1.10 bits per heavy atom. The van der Waals surface area contributed by atoms with Gasteiger partial charge in [0.05, 0.1) is 17.9 Å². The Labute approximate surface area is 510 Å². The molecule has 1 saturated heterocycles. The van der Waals surface area contributed by atoms with Crippen molar-refractivity contribution in [2.75, 3.05) is 39.3 Å². The van der Waals surface area contributed by atoms with E-state index in [0.717, 1.165) is 5.56 Å². The maximum Gasteiger partial charge on any atom is 0.252 e. The Kier molecular flexibility index (Phi) is 29.9. The van der Waals surface area contributed by atoms with E-state index in [1.54, 1.807) is 68.4 Å². The summed E-state index contributed by atoms with van der Waals surface area (Å²) in [6.07, 6.45) is -3.07. The fourth-order valence-corrected chi connectivity index (χ4v) is 9.25. The first-order valence-electron chi connectivity index (χ1n) is 29.2. The molecule has 2 heterocycles. The van der Waals surface area contributed by atoms with Crippen LogP contribution in [0.15, 0.2) is 79.0 Å². The van der Waals surface area contributed by atoms with Crippen molar-refractivity contribution in [2.45, 2.75) is 145 Å². The summed E-state index contributed by atoms with van der Waals surface area (Å²) in [7, 11) is 0. The van der Waals surface area contributed by atoms with Crippen LogP contribution in [0.4, 0.5) is 0 Å². The van der Waals surface area contributed by atoms with E-state index < -0.39 is 157 Å². The average molecular weight is 1230 g/mol. The molecule has 1 fully saturated rings. The Hall–Kier alpha value is -8.52. The minimum atomic E-state index is -1.78. The van der Waals surface area contributed by atoms with Crippen LogP contribution >= 0.6 is 0 Å². The van der Waals surface area contributed by atoms with E-state index in [-0.39, 0.29) is 76.2 Å². The van der Waals surface area contributed by atoms with E-state index >= 15 is 0 Å². The third-order valence-corrected chi connectivity index (χ3v) is 14.0. The van der Waals surface area contributed by atoms with E-state index in [2.05, 4.69) is 63.5 Å². The summed E-state index contributed by atoms with van der Waals surface area (Å²) >= 11 is 0. The molecule has 23 N–H and O–H groups in total. The van der Waals surface area contributed by atoms with Crippen LogP contribution in [-0.2, 0) is 54.4 Å². The molecule has 30 nitrogen and oxygen atoms in total. The van der Waals surface area contributed by atoms with E-state index in [9.17, 15) is 63.0 Å². The lowest BCUT2D eigenvalue weighted by Gasteiger charge is -2.28. The third kappa shape index (κ3) is 22.6. The predicted octanol–water partition coefficient (Wildman–Crippen LogP) is -5.87. The SMILES string of the molecule is CC(C)CC1NC(=O)C(Cc2ccccc2)NC(=O)[C@H](CCN)NC(=O)C(NC(=O)[C@H](CN)NC(=O)[C@@H](NC(=O)[C@H](CCN)NC(=O)c2ccnc(-c3ccccc3)c2)[C@@H](C)O)CCNC(=O)[C@H]([C@@H](C)O)NC(=O)[C@H](CCN)NC(=O)C(CCN)NC1=O. The molecule has 0 bridgehead atoms. The molecule has 2 aromatic carbocycles. The molecule has 1 aromatic heterocycles. The minimum absolute atomic E-state index is 0.0363. The van der Waals surface area contributed by atoms with Crippen molar-refractivity contribution in [3.63, 3.8) is 0 Å². The maximum atomic E-state index is 14.5. The van der Waals surface area contributed by atoms with Gasteiger partial charge in [0, 0.05) is 36.8 Å². The van der Waals surface area contributed by atoms with Crippen molar-refractivity contribution in [1.29, 1.82) is 0 Å². The molecule has 1 aliphatic rings. The highest BCUT2D eigenvalue weighted by molar-refractivity contribution is 6.01. The smallest absolute Gasteiger partial charge is 0.252 e. The number of carbonyl (C=O) groups is 11. The maximum absolute atomic E-state index is 14.5. The second kappa shape index (κ2) is 36.6. The van der Waals surface area contributed by atoms with Crippen LogP contribution in [0, 0.1) is 5.92 Å². The van der Waals surface area contributed by atoms with Crippen molar-refractivity contribution in [3.05, 3.63) is 90.1 Å². The molecule has 4 unspecified atom stereocenters. The van der Waals surface area contributed by atoms with E-state index in [1.165, 1.54) is 32.2 Å². The van der Waals surface area contributed by atoms with Gasteiger partial charge in [-0.3, -0.25) is 57.7 Å². The molecule has 11 amide bonds. The van der Waals surface area contributed by atoms with Crippen LogP contribution in [0.3, 0.4) is 0 Å². The molecule has 0 saturated carbocycles. The molecule has 12 atom stereocenters. The lowest BCUT2D eigenvalue weighted by atomic mass is 10.00. The zero-order chi connectivity index (χ0) is 65.0. The molecule has 4 rings (SSSR count). The van der Waals surface area contributed by atoms with Crippen molar-refractivity contribution in [2.24, 2.45) is 34.6 Å². The van der Waals surface area contributed by atoms with E-state index in [4.69, 9.17) is 28.7 Å². The van der Waals surface area contributed by atoms with Gasteiger partial charge >= 0.3 is 0 Å². The lowest BCUT2D eigenvalue weighted by molar-refractivity contribution is -0.136. The standard InChI is InChI=1S/C58H87N17O13/c1-31(2)27-43-54(84)69-37(15-21-59)49(79)68-40(18-24-62)53(83)74-46(32(3)76)57(87)65-26-20-41(51(81)67-38(16-22-60)50(80)72-44(55(85)71-43)28-34-11-7-5-8-12-34)70-56(86)45(30-63)73-58(88)47(33(4)77)75-52(82)39(17-23-61)66-48(78)36-19-25-64-42(29-36)35-13-9-6-10-14-35/h5-14,19,25,29,31-33,37-41,43-47,76-77H,15-18,20-24,26-28,30,59-63H2,1-4H3,(H,65,87)(H,66,78)(H,67,81)(H,68,79)(H,69,84)(H,70,86)(H,71,85)(H,72,80)(H,73,88)(H,74,83)(H,75,82)/t32-,33-,37?,38+,39+,40+,41?,43?,44?,45+,46+,47+/m1/s1. The van der Waals surface area contributed by atoms with Gasteiger partial charge in [-0.25, -0.2) is 0 Å². The van der Waals surface area contributed by atoms with Crippen LogP contribution in [0.25, 0.3) is 11.3 Å². The summed E-state index contributed by atoms with van der Waals surface area (Å²) in [4.78, 5) is 159. The van der Waals surface area contributed by atoms with Crippen LogP contribution in [0.2, 0.25) is 0 Å². The first kappa shape index (κ1) is 72.0. The topological polar surface area (TPSA) is 504 Å². The summed E-state index contributed by atoms with van der Waals surface area (Å²) < 4.78 is 0. The minimum Gasteiger partial charge on any atom is -0.391 e. The highest BCUT2D eigenvalue weighted by atomic mass is 16.3. The number of rotatable bonds is 24. The van der Waals surface area contributed by atoms with Crippen molar-refractivity contribution in [3.8, 4) is 11.3 Å². The summed E-state index contributed by atoms with van der Waals surface area (Å²) in [5, 5.41) is 49.4. The Balaban J connectivity index is 1.68. The van der Waals surface area contributed by atoms with Crippen molar-refractivity contribution >= 4 is 65.0 Å². The number of aromatic nitrogens is 1. The second-order valence-electron chi connectivity index (χ2n) is 21.6. The number of pyridine rings is 1. The van der Waals surface area contributed by atoms with Crippen LogP contribution < -0.4 is 87.2 Å². The van der Waals surface area contributed by atoms with E-state index in [0.29, 0.717) is 11.3 Å². The van der Waals surface area contributed by atoms with Gasteiger partial charge in [-0.15, -0.1) is 0 Å². The summed E-state index contributed by atoms with van der Waals surface area (Å²) in [6.45, 7) is 4.20. The predicted molar refractivity (Wildman–Crippen MR) is 323 cm³/mol. The van der Waals surface area contributed by atoms with Crippen molar-refractivity contribution in [1.82, 2.24) is 63.5 Å². The van der Waals surface area contributed by atoms with Crippen LogP contribution in [0.1, 0.15) is 82.1 Å². The second-order valence-corrected chi connectivity index (χ2v) is 21.6. The number of hydrogen-bond donors (Lipinski definition) is 18. The zero-order valence-corrected chi connectivity index (χ0v) is 49.9. The van der Waals surface area contributed by atoms with Gasteiger partial charge in [0.25, 0.3) is 5.91 Å². The molecule has 482 valence electrons. The van der Waals surface area contributed by atoms with Gasteiger partial charge in [-0.2, -0.15) is 0 Å². The fourth-order valence-electron chi connectivity index (χ4n) is 9.25. The number of carbonyl (C=O) groups excluding carboxylic acids is 11. The molecule has 1 aliphatic heterocycles. The van der Waals surface area contributed by atoms with Gasteiger partial charge in [0.1, 0.15) is 60.4 Å². The quantitative estimate of drug-likeness (QED) is 0.0397. The number of nitrogens with one attached hydrogen (secondary N) is 11. The fraction of sp³-hybridized carbons (Fsp3) is 0.517. The summed E-state index contributed by atoms with van der Waals surface area (Å²) in [5.41, 5.74) is 31.4. The van der Waals surface area contributed by atoms with Gasteiger partial charge in [0.15, 0.2) is 0 Å². The molecule has 88 heavy (non-hydrogen) atoms. The molecule has 3 aromatic rings. The van der Waals surface area contributed by atoms with Gasteiger partial charge < -0.3 is 97.4 Å². The van der Waals surface area contributed by atoms with Crippen molar-refractivity contribution < 1.29 is 63.0 Å². The molecule has 30 heteroatoms. The van der Waals surface area contributed by atoms with Crippen LogP contribution in [-0.4, -0.2) is 192 Å². The van der Waals surface area contributed by atoms with E-state index in [1.807, 2.05) is 6.07 Å². The molecule has 0 radical (unpaired) electrons. The first-order chi connectivity index (χ1) is 41.9. The molecule has 0 spiro atoms. The normalized spacial score (nSPS) is 22.0. The molecular formula is C58H87N17O13. The van der Waals surface area contributed by atoms with Gasteiger partial charge in [0.2, 0.25) is 59.1 Å². The zero-order valence-electron chi connectivity index (χ0n) is 49.9. The number of benzene rings is 2. The Morgan fingerprint density at radius 3 is 1.64 bits per heavy atom. The Bertz CT molecular complexity index is 2830. The molecular weight excluding hydrogens is 1140 g/mol. The number of nitrogens with zero attached hydrogens (tertiary/aromatic N) is 1. The number of amides is 11. The number of aliphatic hydroxyl groups excluding tert-OH is 2. The number of hydrogen-bond acceptors (Lipinski definition) is 19. The van der Waals surface area contributed by atoms with Gasteiger partial charge in [-0.05, 0) is 102 Å². The highest BCUT2D eigenvalue weighted by Gasteiger charge is 2.37. The number of aliphatic hydroxyl groups is 2. The molecule has 0 aliphatic carbocycles. The monoisotopic (exact) mass is 1230 g/mol. The van der Waals surface area contributed by atoms with Crippen LogP contribution in [0.5, 0.6) is 0 Å².